The molecule has 4 rings (SSSR count). The Morgan fingerprint density at radius 2 is 1.75 bits per heavy atom. The smallest absolute Gasteiger partial charge is 0.317 e. The van der Waals surface area contributed by atoms with Crippen molar-refractivity contribution in [3.63, 3.8) is 0 Å². The van der Waals surface area contributed by atoms with E-state index in [9.17, 15) is 28.8 Å². The second-order valence-corrected chi connectivity index (χ2v) is 15.4. The SMILES string of the molecule is C=CCNC(=O)C(=O)C(CCCC)NC(=O)[C@@H]1C[C@@H](C)CN1C(=O)[C@@H](NC(=O)N[C@H](CN1CCCNC1=O)C(C)(C)C)C1Cc2ccccc2C1. The number of nitrogens with one attached hydrogen (secondary N) is 5. The molecular weight excluding hydrogens is 650 g/mol. The maximum Gasteiger partial charge on any atom is 0.317 e. The Morgan fingerprint density at radius 1 is 1.06 bits per heavy atom. The summed E-state index contributed by atoms with van der Waals surface area (Å²) in [7, 11) is 0. The molecular formula is C38H57N7O6. The monoisotopic (exact) mass is 707 g/mol. The van der Waals surface area contributed by atoms with Gasteiger partial charge in [0.15, 0.2) is 0 Å². The van der Waals surface area contributed by atoms with E-state index in [1.165, 1.54) is 11.0 Å². The zero-order chi connectivity index (χ0) is 37.3. The summed E-state index contributed by atoms with van der Waals surface area (Å²) in [6, 6.07) is 4.02. The molecule has 1 aromatic carbocycles. The molecule has 0 saturated carbocycles. The number of urea groups is 2. The van der Waals surface area contributed by atoms with E-state index in [1.807, 2.05) is 58.9 Å². The van der Waals surface area contributed by atoms with Gasteiger partial charge in [0.1, 0.15) is 12.1 Å². The highest BCUT2D eigenvalue weighted by atomic mass is 16.2. The number of nitrogens with zero attached hydrogens (tertiary/aromatic N) is 2. The van der Waals surface area contributed by atoms with Gasteiger partial charge in [-0.3, -0.25) is 19.2 Å². The maximum atomic E-state index is 14.6. The van der Waals surface area contributed by atoms with Gasteiger partial charge in [-0.05, 0) is 60.5 Å². The van der Waals surface area contributed by atoms with Gasteiger partial charge in [0.05, 0.1) is 12.1 Å². The van der Waals surface area contributed by atoms with Crippen LogP contribution in [-0.4, -0.2) is 102 Å². The van der Waals surface area contributed by atoms with Crippen molar-refractivity contribution in [3.8, 4) is 0 Å². The van der Waals surface area contributed by atoms with Crippen LogP contribution in [0.4, 0.5) is 9.59 Å². The van der Waals surface area contributed by atoms with Gasteiger partial charge < -0.3 is 36.4 Å². The van der Waals surface area contributed by atoms with Crippen LogP contribution in [0.3, 0.4) is 0 Å². The lowest BCUT2D eigenvalue weighted by atomic mass is 9.86. The fourth-order valence-electron chi connectivity index (χ4n) is 7.23. The molecule has 280 valence electrons. The van der Waals surface area contributed by atoms with E-state index in [0.29, 0.717) is 51.9 Å². The number of fused-ring (bicyclic) bond motifs is 1. The number of rotatable bonds is 15. The van der Waals surface area contributed by atoms with E-state index in [2.05, 4.69) is 33.2 Å². The van der Waals surface area contributed by atoms with Gasteiger partial charge >= 0.3 is 12.1 Å². The van der Waals surface area contributed by atoms with E-state index < -0.39 is 53.2 Å². The first-order valence-electron chi connectivity index (χ1n) is 18.4. The molecule has 0 bridgehead atoms. The summed E-state index contributed by atoms with van der Waals surface area (Å²) in [5.41, 5.74) is 1.82. The van der Waals surface area contributed by atoms with E-state index in [0.717, 1.165) is 24.0 Å². The van der Waals surface area contributed by atoms with Crippen molar-refractivity contribution in [2.24, 2.45) is 17.3 Å². The number of Topliss-reactive ketones (excluding diaryl/α,β-unsaturated/α-hetero) is 1. The van der Waals surface area contributed by atoms with Gasteiger partial charge in [0.2, 0.25) is 17.6 Å². The van der Waals surface area contributed by atoms with Crippen molar-refractivity contribution in [2.45, 2.75) is 104 Å². The fraction of sp³-hybridized carbons (Fsp3) is 0.632. The van der Waals surface area contributed by atoms with Crippen molar-refractivity contribution in [1.29, 1.82) is 0 Å². The molecule has 0 spiro atoms. The molecule has 1 unspecified atom stereocenters. The summed E-state index contributed by atoms with van der Waals surface area (Å²) in [4.78, 5) is 83.8. The standard InChI is InChI=1S/C38H57N7O6/c1-7-9-15-28(32(46)34(48)39-16-8-2)41-33(47)29-19-24(3)22-45(29)35(49)31(27-20-25-13-10-11-14-26(25)21-27)43-36(50)42-30(38(4,5)6)23-44-18-12-17-40-37(44)51/h8,10-11,13-14,24,27-31H,2,7,9,12,15-23H2,1,3-6H3,(H,39,48)(H,40,51)(H,41,47)(H2,42,43,50)/t24-,28?,29+,30-,31+/m1/s1. The number of unbranched alkanes of at least 4 members (excludes halogenated alkanes) is 1. The Balaban J connectivity index is 1.55. The Hall–Kier alpha value is -4.42. The molecule has 5 N–H and O–H groups in total. The van der Waals surface area contributed by atoms with Gasteiger partial charge in [-0.25, -0.2) is 9.59 Å². The molecule has 1 aromatic rings. The average Bonchev–Trinajstić information content (AvgIpc) is 3.71. The second kappa shape index (κ2) is 17.7. The Labute approximate surface area is 302 Å². The number of hydrogen-bond donors (Lipinski definition) is 5. The Kier molecular flexibility index (Phi) is 13.6. The van der Waals surface area contributed by atoms with E-state index >= 15 is 0 Å². The number of ketones is 1. The predicted octanol–water partition coefficient (Wildman–Crippen LogP) is 2.68. The predicted molar refractivity (Wildman–Crippen MR) is 195 cm³/mol. The molecule has 51 heavy (non-hydrogen) atoms. The van der Waals surface area contributed by atoms with E-state index in [-0.39, 0.29) is 36.7 Å². The molecule has 2 aliphatic heterocycles. The number of carbonyl (C=O) groups excluding carboxylic acids is 6. The average molecular weight is 708 g/mol. The number of hydrogen-bond acceptors (Lipinski definition) is 6. The molecule has 2 saturated heterocycles. The van der Waals surface area contributed by atoms with Crippen LogP contribution in [0.2, 0.25) is 0 Å². The molecule has 7 amide bonds. The lowest BCUT2D eigenvalue weighted by molar-refractivity contribution is -0.143. The summed E-state index contributed by atoms with van der Waals surface area (Å²) < 4.78 is 0. The first-order chi connectivity index (χ1) is 24.2. The highest BCUT2D eigenvalue weighted by Crippen LogP contribution is 2.32. The maximum absolute atomic E-state index is 14.6. The van der Waals surface area contributed by atoms with Crippen LogP contribution in [-0.2, 0) is 32.0 Å². The lowest BCUT2D eigenvalue weighted by Gasteiger charge is -2.38. The van der Waals surface area contributed by atoms with Crippen LogP contribution >= 0.6 is 0 Å². The van der Waals surface area contributed by atoms with Crippen molar-refractivity contribution in [2.75, 3.05) is 32.7 Å². The molecule has 13 heteroatoms. The first kappa shape index (κ1) is 39.4. The zero-order valence-corrected chi connectivity index (χ0v) is 30.9. The molecule has 2 fully saturated rings. The highest BCUT2D eigenvalue weighted by molar-refractivity contribution is 6.38. The van der Waals surface area contributed by atoms with Gasteiger partial charge in [-0.15, -0.1) is 6.58 Å². The minimum Gasteiger partial charge on any atom is -0.346 e. The van der Waals surface area contributed by atoms with Crippen LogP contribution in [0.15, 0.2) is 36.9 Å². The quantitative estimate of drug-likeness (QED) is 0.139. The van der Waals surface area contributed by atoms with Crippen molar-refractivity contribution < 1.29 is 28.8 Å². The van der Waals surface area contributed by atoms with Crippen molar-refractivity contribution >= 4 is 35.6 Å². The van der Waals surface area contributed by atoms with Crippen molar-refractivity contribution in [1.82, 2.24) is 36.4 Å². The first-order valence-corrected chi connectivity index (χ1v) is 18.4. The summed E-state index contributed by atoms with van der Waals surface area (Å²) >= 11 is 0. The molecule has 2 heterocycles. The largest absolute Gasteiger partial charge is 0.346 e. The second-order valence-electron chi connectivity index (χ2n) is 15.4. The molecule has 1 aliphatic carbocycles. The number of benzene rings is 1. The zero-order valence-electron chi connectivity index (χ0n) is 30.9. The lowest BCUT2D eigenvalue weighted by Crippen LogP contribution is -2.61. The van der Waals surface area contributed by atoms with Crippen molar-refractivity contribution in [3.05, 3.63) is 48.0 Å². The van der Waals surface area contributed by atoms with Crippen LogP contribution in [0.25, 0.3) is 0 Å². The fourth-order valence-corrected chi connectivity index (χ4v) is 7.23. The molecule has 0 radical (unpaired) electrons. The number of likely N-dealkylation sites (tertiary alicyclic amines) is 1. The third-order valence-corrected chi connectivity index (χ3v) is 10.2. The minimum absolute atomic E-state index is 0.0124. The van der Waals surface area contributed by atoms with Crippen LogP contribution in [0, 0.1) is 17.3 Å². The van der Waals surface area contributed by atoms with Gasteiger partial charge in [-0.2, -0.15) is 0 Å². The summed E-state index contributed by atoms with van der Waals surface area (Å²) in [6.45, 7) is 15.4. The topological polar surface area (TPSA) is 169 Å². The van der Waals surface area contributed by atoms with Crippen LogP contribution in [0.5, 0.6) is 0 Å². The molecule has 5 atom stereocenters. The molecule has 0 aromatic heterocycles. The third-order valence-electron chi connectivity index (χ3n) is 10.2. The summed E-state index contributed by atoms with van der Waals surface area (Å²) in [5.74, 6) is -2.66. The molecule has 13 nitrogen and oxygen atoms in total. The summed E-state index contributed by atoms with van der Waals surface area (Å²) in [5, 5.41) is 14.2. The number of amides is 7. The molecule has 3 aliphatic rings. The van der Waals surface area contributed by atoms with E-state index in [4.69, 9.17) is 0 Å². The Bertz CT molecular complexity index is 1430. The van der Waals surface area contributed by atoms with Gasteiger partial charge in [0, 0.05) is 32.7 Å². The highest BCUT2D eigenvalue weighted by Gasteiger charge is 2.45. The minimum atomic E-state index is -1.03. The number of carbonyl (C=O) groups is 6. The third kappa shape index (κ3) is 10.3. The van der Waals surface area contributed by atoms with Gasteiger partial charge in [0.25, 0.3) is 5.91 Å². The summed E-state index contributed by atoms with van der Waals surface area (Å²) in [6.07, 6.45) is 5.50. The normalized spacial score (nSPS) is 20.8. The van der Waals surface area contributed by atoms with Crippen LogP contribution in [0.1, 0.15) is 77.8 Å². The Morgan fingerprint density at radius 3 is 2.35 bits per heavy atom. The van der Waals surface area contributed by atoms with Crippen LogP contribution < -0.4 is 26.6 Å². The van der Waals surface area contributed by atoms with E-state index in [1.54, 1.807) is 4.90 Å². The van der Waals surface area contributed by atoms with Gasteiger partial charge in [-0.1, -0.05) is 77.8 Å².